The lowest BCUT2D eigenvalue weighted by molar-refractivity contribution is -0.385. The molecular formula is C23H22N2O5. The Morgan fingerprint density at radius 1 is 0.967 bits per heavy atom. The molecule has 0 saturated heterocycles. The first-order valence-electron chi connectivity index (χ1n) is 9.41. The maximum Gasteiger partial charge on any atom is 0.345 e. The average molecular weight is 406 g/mol. The number of aromatic nitrogens is 1. The third-order valence-corrected chi connectivity index (χ3v) is 5.14. The summed E-state index contributed by atoms with van der Waals surface area (Å²) in [6, 6.07) is 13.3. The van der Waals surface area contributed by atoms with Crippen LogP contribution < -0.4 is 0 Å². The summed E-state index contributed by atoms with van der Waals surface area (Å²) in [4.78, 5) is 35.4. The second-order valence-electron chi connectivity index (χ2n) is 7.16. The van der Waals surface area contributed by atoms with Gasteiger partial charge in [-0.05, 0) is 63.1 Å². The third-order valence-electron chi connectivity index (χ3n) is 5.14. The summed E-state index contributed by atoms with van der Waals surface area (Å²) in [6.45, 7) is 7.30. The first-order chi connectivity index (χ1) is 14.2. The molecule has 1 aromatic heterocycles. The van der Waals surface area contributed by atoms with E-state index in [9.17, 15) is 19.7 Å². The molecule has 2 aromatic carbocycles. The van der Waals surface area contributed by atoms with Gasteiger partial charge < -0.3 is 9.30 Å². The largest absolute Gasteiger partial charge is 0.454 e. The number of hydrogen-bond donors (Lipinski definition) is 0. The highest BCUT2D eigenvalue weighted by atomic mass is 16.6. The molecule has 0 N–H and O–H groups in total. The van der Waals surface area contributed by atoms with Crippen LogP contribution in [0.15, 0.2) is 48.5 Å². The number of aryl methyl sites for hydroxylation is 3. The Labute approximate surface area is 174 Å². The Balaban J connectivity index is 1.81. The maximum absolute atomic E-state index is 12.7. The standard InChI is InChI=1S/C23H22N2O5/c1-14-9-10-18(11-15(14)2)24-16(3)12-20(17(24)4)22(26)13-30-23(27)19-7-5-6-8-21(19)25(28)29/h5-12H,13H2,1-4H3. The number of Topliss-reactive ketones (excluding diaryl/α,β-unsaturated/α-hetero) is 1. The van der Waals surface area contributed by atoms with Crippen LogP contribution >= 0.6 is 0 Å². The minimum absolute atomic E-state index is 0.184. The highest BCUT2D eigenvalue weighted by Crippen LogP contribution is 2.24. The summed E-state index contributed by atoms with van der Waals surface area (Å²) in [7, 11) is 0. The Bertz CT molecular complexity index is 1160. The van der Waals surface area contributed by atoms with Crippen molar-refractivity contribution in [1.82, 2.24) is 4.57 Å². The van der Waals surface area contributed by atoms with E-state index in [-0.39, 0.29) is 17.0 Å². The van der Waals surface area contributed by atoms with Crippen molar-refractivity contribution >= 4 is 17.4 Å². The van der Waals surface area contributed by atoms with Crippen LogP contribution in [-0.4, -0.2) is 27.8 Å². The van der Waals surface area contributed by atoms with Crippen LogP contribution in [-0.2, 0) is 4.74 Å². The predicted octanol–water partition coefficient (Wildman–Crippen LogP) is 4.66. The van der Waals surface area contributed by atoms with Gasteiger partial charge in [-0.1, -0.05) is 18.2 Å². The van der Waals surface area contributed by atoms with Gasteiger partial charge in [0, 0.05) is 28.7 Å². The molecule has 0 radical (unpaired) electrons. The van der Waals surface area contributed by atoms with Gasteiger partial charge in [0.1, 0.15) is 5.56 Å². The minimum atomic E-state index is -0.904. The topological polar surface area (TPSA) is 91.4 Å². The quantitative estimate of drug-likeness (QED) is 0.257. The number of nitro benzene ring substituents is 1. The second kappa shape index (κ2) is 8.32. The summed E-state index contributed by atoms with van der Waals surface area (Å²) in [5.41, 5.74) is 4.79. The van der Waals surface area contributed by atoms with E-state index in [0.29, 0.717) is 5.56 Å². The molecule has 1 heterocycles. The minimum Gasteiger partial charge on any atom is -0.454 e. The monoisotopic (exact) mass is 406 g/mol. The molecule has 30 heavy (non-hydrogen) atoms. The Morgan fingerprint density at radius 3 is 2.33 bits per heavy atom. The zero-order valence-corrected chi connectivity index (χ0v) is 17.3. The second-order valence-corrected chi connectivity index (χ2v) is 7.16. The first kappa shape index (κ1) is 21.0. The number of rotatable bonds is 6. The fourth-order valence-electron chi connectivity index (χ4n) is 3.40. The summed E-state index contributed by atoms with van der Waals surface area (Å²) in [5, 5.41) is 11.1. The van der Waals surface area contributed by atoms with E-state index >= 15 is 0 Å². The van der Waals surface area contributed by atoms with E-state index in [4.69, 9.17) is 4.74 Å². The lowest BCUT2D eigenvalue weighted by Gasteiger charge is -2.12. The van der Waals surface area contributed by atoms with E-state index in [0.717, 1.165) is 22.6 Å². The smallest absolute Gasteiger partial charge is 0.345 e. The van der Waals surface area contributed by atoms with Gasteiger partial charge in [0.05, 0.1) is 4.92 Å². The molecule has 0 spiro atoms. The maximum atomic E-state index is 12.7. The SMILES string of the molecule is Cc1ccc(-n2c(C)cc(C(=O)COC(=O)c3ccccc3[N+](=O)[O-])c2C)cc1C. The van der Waals surface area contributed by atoms with E-state index in [2.05, 4.69) is 6.07 Å². The molecule has 7 heteroatoms. The molecule has 3 aromatic rings. The van der Waals surface area contributed by atoms with Crippen molar-refractivity contribution in [2.75, 3.05) is 6.61 Å². The van der Waals surface area contributed by atoms with Gasteiger partial charge in [-0.25, -0.2) is 4.79 Å². The molecule has 0 saturated carbocycles. The molecule has 0 aliphatic rings. The van der Waals surface area contributed by atoms with Crippen LogP contribution in [0.2, 0.25) is 0 Å². The number of nitro groups is 1. The average Bonchev–Trinajstić information content (AvgIpc) is 3.02. The van der Waals surface area contributed by atoms with Crippen molar-refractivity contribution in [2.24, 2.45) is 0 Å². The molecule has 154 valence electrons. The molecule has 3 rings (SSSR count). The predicted molar refractivity (Wildman–Crippen MR) is 112 cm³/mol. The zero-order chi connectivity index (χ0) is 22.0. The van der Waals surface area contributed by atoms with Crippen molar-refractivity contribution < 1.29 is 19.2 Å². The number of carbonyl (C=O) groups excluding carboxylic acids is 2. The van der Waals surface area contributed by atoms with Crippen molar-refractivity contribution in [2.45, 2.75) is 27.7 Å². The number of ether oxygens (including phenoxy) is 1. The fourth-order valence-corrected chi connectivity index (χ4v) is 3.40. The van der Waals surface area contributed by atoms with Gasteiger partial charge in [0.25, 0.3) is 5.69 Å². The van der Waals surface area contributed by atoms with Crippen molar-refractivity contribution in [3.63, 3.8) is 0 Å². The molecule has 0 amide bonds. The number of benzene rings is 2. The van der Waals surface area contributed by atoms with Gasteiger partial charge in [0.15, 0.2) is 6.61 Å². The Morgan fingerprint density at radius 2 is 1.67 bits per heavy atom. The van der Waals surface area contributed by atoms with Crippen LogP contribution in [0.25, 0.3) is 5.69 Å². The highest BCUT2D eigenvalue weighted by Gasteiger charge is 2.23. The molecule has 0 aliphatic carbocycles. The summed E-state index contributed by atoms with van der Waals surface area (Å²) in [6.07, 6.45) is 0. The molecule has 0 unspecified atom stereocenters. The van der Waals surface area contributed by atoms with Crippen LogP contribution in [0.1, 0.15) is 43.2 Å². The Kier molecular flexibility index (Phi) is 5.82. The summed E-state index contributed by atoms with van der Waals surface area (Å²) in [5.74, 6) is -1.27. The molecule has 0 aliphatic heterocycles. The third kappa shape index (κ3) is 4.00. The number of hydrogen-bond acceptors (Lipinski definition) is 5. The Hall–Kier alpha value is -3.74. The number of esters is 1. The van der Waals surface area contributed by atoms with Crippen molar-refractivity contribution in [3.8, 4) is 5.69 Å². The number of ketones is 1. The van der Waals surface area contributed by atoms with Crippen LogP contribution in [0.5, 0.6) is 0 Å². The van der Waals surface area contributed by atoms with Gasteiger partial charge >= 0.3 is 5.97 Å². The number of carbonyl (C=O) groups is 2. The van der Waals surface area contributed by atoms with Crippen LogP contribution in [0.4, 0.5) is 5.69 Å². The van der Waals surface area contributed by atoms with Gasteiger partial charge in [-0.3, -0.25) is 14.9 Å². The molecule has 7 nitrogen and oxygen atoms in total. The van der Waals surface area contributed by atoms with Crippen LogP contribution in [0.3, 0.4) is 0 Å². The summed E-state index contributed by atoms with van der Waals surface area (Å²) < 4.78 is 7.05. The van der Waals surface area contributed by atoms with Gasteiger partial charge in [0.2, 0.25) is 5.78 Å². The fraction of sp³-hybridized carbons (Fsp3) is 0.217. The summed E-state index contributed by atoms with van der Waals surface area (Å²) >= 11 is 0. The lowest BCUT2D eigenvalue weighted by atomic mass is 10.1. The molecule has 0 fully saturated rings. The molecular weight excluding hydrogens is 384 g/mol. The number of para-hydroxylation sites is 1. The van der Waals surface area contributed by atoms with Crippen LogP contribution in [0, 0.1) is 37.8 Å². The van der Waals surface area contributed by atoms with E-state index in [1.807, 2.05) is 44.4 Å². The number of nitrogens with zero attached hydrogens (tertiary/aromatic N) is 2. The van der Waals surface area contributed by atoms with E-state index in [1.165, 1.54) is 29.8 Å². The normalized spacial score (nSPS) is 10.7. The van der Waals surface area contributed by atoms with E-state index < -0.39 is 17.5 Å². The van der Waals surface area contributed by atoms with Crippen molar-refractivity contribution in [1.29, 1.82) is 0 Å². The van der Waals surface area contributed by atoms with E-state index in [1.54, 1.807) is 6.07 Å². The van der Waals surface area contributed by atoms with Gasteiger partial charge in [-0.15, -0.1) is 0 Å². The molecule has 0 bridgehead atoms. The molecule has 0 atom stereocenters. The first-order valence-corrected chi connectivity index (χ1v) is 9.41. The highest BCUT2D eigenvalue weighted by molar-refractivity contribution is 6.01. The van der Waals surface area contributed by atoms with Crippen molar-refractivity contribution in [3.05, 3.63) is 92.3 Å². The van der Waals surface area contributed by atoms with Gasteiger partial charge in [-0.2, -0.15) is 0 Å². The lowest BCUT2D eigenvalue weighted by Crippen LogP contribution is -2.16. The zero-order valence-electron chi connectivity index (χ0n) is 17.3.